The lowest BCUT2D eigenvalue weighted by molar-refractivity contribution is 0.102. The van der Waals surface area contributed by atoms with E-state index < -0.39 is 5.91 Å². The van der Waals surface area contributed by atoms with E-state index in [2.05, 4.69) is 5.32 Å². The molecular formula is C15H16N2O3. The minimum absolute atomic E-state index is 0.0137. The normalized spacial score (nSPS) is 10.1. The second kappa shape index (κ2) is 5.52. The molecule has 0 heterocycles. The SMILES string of the molecule is COc1cc(C)ccc1NC(=O)c1cc(O)ccc1N. The number of nitrogens with one attached hydrogen (secondary N) is 1. The molecule has 0 aromatic heterocycles. The first kappa shape index (κ1) is 13.7. The summed E-state index contributed by atoms with van der Waals surface area (Å²) in [7, 11) is 1.53. The number of anilines is 2. The van der Waals surface area contributed by atoms with Gasteiger partial charge in [-0.05, 0) is 42.8 Å². The van der Waals surface area contributed by atoms with Crippen molar-refractivity contribution < 1.29 is 14.6 Å². The Morgan fingerprint density at radius 1 is 1.25 bits per heavy atom. The van der Waals surface area contributed by atoms with Gasteiger partial charge in [-0.25, -0.2) is 0 Å². The first-order valence-electron chi connectivity index (χ1n) is 6.05. The minimum atomic E-state index is -0.402. The highest BCUT2D eigenvalue weighted by molar-refractivity contribution is 6.08. The fourth-order valence-corrected chi connectivity index (χ4v) is 1.83. The fraction of sp³-hybridized carbons (Fsp3) is 0.133. The lowest BCUT2D eigenvalue weighted by atomic mass is 10.1. The standard InChI is InChI=1S/C15H16N2O3/c1-9-3-6-13(14(7-9)20-2)17-15(19)11-8-10(18)4-5-12(11)16/h3-8,18H,16H2,1-2H3,(H,17,19). The van der Waals surface area contributed by atoms with Gasteiger partial charge in [-0.15, -0.1) is 0 Å². The molecule has 4 N–H and O–H groups in total. The van der Waals surface area contributed by atoms with Crippen LogP contribution in [-0.4, -0.2) is 18.1 Å². The molecule has 2 rings (SSSR count). The summed E-state index contributed by atoms with van der Waals surface area (Å²) in [6, 6.07) is 9.68. The third-order valence-electron chi connectivity index (χ3n) is 2.89. The topological polar surface area (TPSA) is 84.6 Å². The Hall–Kier alpha value is -2.69. The number of hydrogen-bond donors (Lipinski definition) is 3. The lowest BCUT2D eigenvalue weighted by Crippen LogP contribution is -2.14. The number of benzene rings is 2. The quantitative estimate of drug-likeness (QED) is 0.592. The molecule has 0 spiro atoms. The van der Waals surface area contributed by atoms with Crippen LogP contribution in [0.1, 0.15) is 15.9 Å². The Labute approximate surface area is 117 Å². The number of hydrogen-bond acceptors (Lipinski definition) is 4. The molecule has 0 aliphatic carbocycles. The van der Waals surface area contributed by atoms with E-state index in [4.69, 9.17) is 10.5 Å². The molecule has 0 saturated heterocycles. The summed E-state index contributed by atoms with van der Waals surface area (Å²) in [5.41, 5.74) is 7.82. The Balaban J connectivity index is 2.30. The van der Waals surface area contributed by atoms with E-state index in [9.17, 15) is 9.90 Å². The second-order valence-electron chi connectivity index (χ2n) is 4.43. The molecule has 1 amide bonds. The van der Waals surface area contributed by atoms with Crippen molar-refractivity contribution in [2.75, 3.05) is 18.2 Å². The van der Waals surface area contributed by atoms with Crippen molar-refractivity contribution in [2.24, 2.45) is 0 Å². The molecule has 2 aromatic carbocycles. The molecule has 0 radical (unpaired) electrons. The van der Waals surface area contributed by atoms with Crippen LogP contribution in [0.4, 0.5) is 11.4 Å². The highest BCUT2D eigenvalue weighted by Crippen LogP contribution is 2.27. The molecule has 0 unspecified atom stereocenters. The van der Waals surface area contributed by atoms with E-state index >= 15 is 0 Å². The summed E-state index contributed by atoms with van der Waals surface area (Å²) >= 11 is 0. The maximum Gasteiger partial charge on any atom is 0.257 e. The summed E-state index contributed by atoms with van der Waals surface area (Å²) in [5, 5.41) is 12.1. The molecule has 0 saturated carbocycles. The zero-order valence-corrected chi connectivity index (χ0v) is 11.3. The Bertz CT molecular complexity index is 654. The van der Waals surface area contributed by atoms with Crippen LogP contribution in [0, 0.1) is 6.92 Å². The number of phenols is 1. The first-order valence-corrected chi connectivity index (χ1v) is 6.05. The van der Waals surface area contributed by atoms with Crippen LogP contribution in [0.25, 0.3) is 0 Å². The van der Waals surface area contributed by atoms with Crippen LogP contribution in [0.2, 0.25) is 0 Å². The van der Waals surface area contributed by atoms with Gasteiger partial charge in [0, 0.05) is 5.69 Å². The number of aryl methyl sites for hydroxylation is 1. The molecule has 0 fully saturated rings. The predicted octanol–water partition coefficient (Wildman–Crippen LogP) is 2.54. The van der Waals surface area contributed by atoms with Crippen LogP contribution in [0.5, 0.6) is 11.5 Å². The fourth-order valence-electron chi connectivity index (χ4n) is 1.83. The smallest absolute Gasteiger partial charge is 0.257 e. The molecule has 5 nitrogen and oxygen atoms in total. The van der Waals surface area contributed by atoms with E-state index in [0.29, 0.717) is 17.1 Å². The van der Waals surface area contributed by atoms with Gasteiger partial charge in [-0.3, -0.25) is 4.79 Å². The molecular weight excluding hydrogens is 256 g/mol. The average Bonchev–Trinajstić information content (AvgIpc) is 2.43. The van der Waals surface area contributed by atoms with Gasteiger partial charge >= 0.3 is 0 Å². The van der Waals surface area contributed by atoms with Crippen molar-refractivity contribution >= 4 is 17.3 Å². The van der Waals surface area contributed by atoms with Crippen LogP contribution < -0.4 is 15.8 Å². The van der Waals surface area contributed by atoms with E-state index in [1.807, 2.05) is 19.1 Å². The number of methoxy groups -OCH3 is 1. The van der Waals surface area contributed by atoms with E-state index in [-0.39, 0.29) is 11.3 Å². The molecule has 5 heteroatoms. The van der Waals surface area contributed by atoms with Crippen LogP contribution >= 0.6 is 0 Å². The Morgan fingerprint density at radius 3 is 2.70 bits per heavy atom. The Kier molecular flexibility index (Phi) is 3.79. The number of rotatable bonds is 3. The number of phenolic OH excluding ortho intramolecular Hbond substituents is 1. The van der Waals surface area contributed by atoms with Gasteiger partial charge in [0.05, 0.1) is 18.4 Å². The first-order chi connectivity index (χ1) is 9.51. The van der Waals surface area contributed by atoms with Crippen molar-refractivity contribution in [1.82, 2.24) is 0 Å². The molecule has 0 aliphatic heterocycles. The van der Waals surface area contributed by atoms with Crippen molar-refractivity contribution in [3.63, 3.8) is 0 Å². The van der Waals surface area contributed by atoms with Gasteiger partial charge in [0.15, 0.2) is 0 Å². The van der Waals surface area contributed by atoms with Crippen LogP contribution in [0.15, 0.2) is 36.4 Å². The van der Waals surface area contributed by atoms with E-state index in [1.165, 1.54) is 25.3 Å². The molecule has 2 aromatic rings. The number of nitrogen functional groups attached to an aromatic ring is 1. The predicted molar refractivity (Wildman–Crippen MR) is 78.2 cm³/mol. The van der Waals surface area contributed by atoms with Gasteiger partial charge in [0.2, 0.25) is 0 Å². The third kappa shape index (κ3) is 2.83. The Morgan fingerprint density at radius 2 is 2.00 bits per heavy atom. The van der Waals surface area contributed by atoms with Crippen molar-refractivity contribution in [3.05, 3.63) is 47.5 Å². The van der Waals surface area contributed by atoms with Gasteiger partial charge in [0.1, 0.15) is 11.5 Å². The minimum Gasteiger partial charge on any atom is -0.508 e. The summed E-state index contributed by atoms with van der Waals surface area (Å²) in [5.74, 6) is 0.151. The van der Waals surface area contributed by atoms with Crippen molar-refractivity contribution in [2.45, 2.75) is 6.92 Å². The van der Waals surface area contributed by atoms with Gasteiger partial charge < -0.3 is 20.9 Å². The molecule has 0 bridgehead atoms. The zero-order chi connectivity index (χ0) is 14.7. The molecule has 104 valence electrons. The lowest BCUT2D eigenvalue weighted by Gasteiger charge is -2.12. The number of nitrogens with two attached hydrogens (primary N) is 1. The number of ether oxygens (including phenoxy) is 1. The number of carbonyl (C=O) groups is 1. The average molecular weight is 272 g/mol. The van der Waals surface area contributed by atoms with Gasteiger partial charge in [-0.2, -0.15) is 0 Å². The van der Waals surface area contributed by atoms with E-state index in [0.717, 1.165) is 5.56 Å². The maximum atomic E-state index is 12.2. The van der Waals surface area contributed by atoms with E-state index in [1.54, 1.807) is 6.07 Å². The summed E-state index contributed by atoms with van der Waals surface area (Å²) in [6.45, 7) is 1.93. The molecule has 0 atom stereocenters. The summed E-state index contributed by atoms with van der Waals surface area (Å²) in [4.78, 5) is 12.2. The second-order valence-corrected chi connectivity index (χ2v) is 4.43. The number of aromatic hydroxyl groups is 1. The number of amides is 1. The summed E-state index contributed by atoms with van der Waals surface area (Å²) in [6.07, 6.45) is 0. The maximum absolute atomic E-state index is 12.2. The summed E-state index contributed by atoms with van der Waals surface area (Å²) < 4.78 is 5.22. The molecule has 0 aliphatic rings. The molecule has 20 heavy (non-hydrogen) atoms. The van der Waals surface area contributed by atoms with Crippen LogP contribution in [0.3, 0.4) is 0 Å². The van der Waals surface area contributed by atoms with Gasteiger partial charge in [-0.1, -0.05) is 6.07 Å². The van der Waals surface area contributed by atoms with Crippen molar-refractivity contribution in [1.29, 1.82) is 0 Å². The number of carbonyl (C=O) groups excluding carboxylic acids is 1. The van der Waals surface area contributed by atoms with Gasteiger partial charge in [0.25, 0.3) is 5.91 Å². The zero-order valence-electron chi connectivity index (χ0n) is 11.3. The van der Waals surface area contributed by atoms with Crippen LogP contribution in [-0.2, 0) is 0 Å². The van der Waals surface area contributed by atoms with Crippen molar-refractivity contribution in [3.8, 4) is 11.5 Å². The third-order valence-corrected chi connectivity index (χ3v) is 2.89. The highest BCUT2D eigenvalue weighted by Gasteiger charge is 2.13. The highest BCUT2D eigenvalue weighted by atomic mass is 16.5. The monoisotopic (exact) mass is 272 g/mol. The largest absolute Gasteiger partial charge is 0.508 e.